The van der Waals surface area contributed by atoms with Crippen LogP contribution in [0.25, 0.3) is 11.0 Å². The Morgan fingerprint density at radius 2 is 1.81 bits per heavy atom. The number of para-hydroxylation sites is 1. The van der Waals surface area contributed by atoms with E-state index in [0.717, 1.165) is 36.3 Å². The second-order valence-electron chi connectivity index (χ2n) is 6.38. The maximum Gasteiger partial charge on any atom is 0.253 e. The molecular formula is C20H18N4O2. The second-order valence-corrected chi connectivity index (χ2v) is 6.38. The van der Waals surface area contributed by atoms with Crippen molar-refractivity contribution < 1.29 is 9.32 Å². The van der Waals surface area contributed by atoms with Gasteiger partial charge in [-0.05, 0) is 36.4 Å². The molecule has 0 bridgehead atoms. The summed E-state index contributed by atoms with van der Waals surface area (Å²) in [5.41, 5.74) is 2.93. The average Bonchev–Trinajstić information content (AvgIpc) is 3.11. The molecule has 6 heteroatoms. The summed E-state index contributed by atoms with van der Waals surface area (Å²) in [6, 6.07) is 16.7. The van der Waals surface area contributed by atoms with Crippen molar-refractivity contribution in [1.29, 1.82) is 5.26 Å². The molecule has 4 rings (SSSR count). The van der Waals surface area contributed by atoms with E-state index in [2.05, 4.69) is 16.1 Å². The number of piperazine rings is 1. The predicted molar refractivity (Wildman–Crippen MR) is 96.3 cm³/mol. The van der Waals surface area contributed by atoms with Gasteiger partial charge < -0.3 is 9.42 Å². The van der Waals surface area contributed by atoms with E-state index >= 15 is 0 Å². The molecule has 1 fully saturated rings. The number of hydrogen-bond acceptors (Lipinski definition) is 5. The standard InChI is InChI=1S/C20H18N4O2/c21-13-15-5-7-16(8-6-15)20(25)24-11-9-23(10-12-24)14-18-17-3-1-2-4-19(17)26-22-18/h1-8H,9-12,14H2. The summed E-state index contributed by atoms with van der Waals surface area (Å²) in [7, 11) is 0. The molecule has 0 aliphatic carbocycles. The summed E-state index contributed by atoms with van der Waals surface area (Å²) in [6.45, 7) is 3.66. The topological polar surface area (TPSA) is 73.4 Å². The Hall–Kier alpha value is -3.17. The molecule has 0 saturated carbocycles. The van der Waals surface area contributed by atoms with Crippen molar-refractivity contribution in [3.05, 3.63) is 65.4 Å². The molecule has 1 aliphatic heterocycles. The Labute approximate surface area is 151 Å². The summed E-state index contributed by atoms with van der Waals surface area (Å²) >= 11 is 0. The van der Waals surface area contributed by atoms with Crippen LogP contribution >= 0.6 is 0 Å². The smallest absolute Gasteiger partial charge is 0.253 e. The van der Waals surface area contributed by atoms with Crippen molar-refractivity contribution in [1.82, 2.24) is 15.0 Å². The van der Waals surface area contributed by atoms with Gasteiger partial charge in [0.15, 0.2) is 5.58 Å². The highest BCUT2D eigenvalue weighted by Crippen LogP contribution is 2.20. The number of hydrogen-bond donors (Lipinski definition) is 0. The zero-order valence-electron chi connectivity index (χ0n) is 14.3. The first-order valence-corrected chi connectivity index (χ1v) is 8.60. The minimum absolute atomic E-state index is 0.0148. The maximum absolute atomic E-state index is 12.6. The minimum atomic E-state index is 0.0148. The Balaban J connectivity index is 1.37. The number of fused-ring (bicyclic) bond motifs is 1. The third-order valence-corrected chi connectivity index (χ3v) is 4.75. The van der Waals surface area contributed by atoms with Crippen LogP contribution in [0.2, 0.25) is 0 Å². The van der Waals surface area contributed by atoms with E-state index in [1.165, 1.54) is 0 Å². The summed E-state index contributed by atoms with van der Waals surface area (Å²) < 4.78 is 5.36. The first-order valence-electron chi connectivity index (χ1n) is 8.60. The van der Waals surface area contributed by atoms with E-state index in [1.54, 1.807) is 24.3 Å². The van der Waals surface area contributed by atoms with Crippen molar-refractivity contribution in [3.63, 3.8) is 0 Å². The molecule has 1 aliphatic rings. The van der Waals surface area contributed by atoms with Gasteiger partial charge in [-0.15, -0.1) is 0 Å². The molecule has 0 N–H and O–H groups in total. The molecule has 0 radical (unpaired) electrons. The van der Waals surface area contributed by atoms with Gasteiger partial charge in [0.25, 0.3) is 5.91 Å². The number of rotatable bonds is 3. The minimum Gasteiger partial charge on any atom is -0.356 e. The van der Waals surface area contributed by atoms with Crippen LogP contribution in [0.4, 0.5) is 0 Å². The number of aromatic nitrogens is 1. The summed E-state index contributed by atoms with van der Waals surface area (Å²) in [5.74, 6) is 0.0148. The van der Waals surface area contributed by atoms with Crippen LogP contribution in [0.5, 0.6) is 0 Å². The predicted octanol–water partition coefficient (Wildman–Crippen LogP) is 2.66. The first kappa shape index (κ1) is 16.3. The molecule has 3 aromatic rings. The lowest BCUT2D eigenvalue weighted by molar-refractivity contribution is 0.0626. The zero-order chi connectivity index (χ0) is 17.9. The molecule has 6 nitrogen and oxygen atoms in total. The fourth-order valence-electron chi connectivity index (χ4n) is 3.24. The van der Waals surface area contributed by atoms with Crippen LogP contribution in [0.15, 0.2) is 53.1 Å². The van der Waals surface area contributed by atoms with Gasteiger partial charge in [0.2, 0.25) is 0 Å². The van der Waals surface area contributed by atoms with E-state index in [-0.39, 0.29) is 5.91 Å². The van der Waals surface area contributed by atoms with Crippen molar-refractivity contribution in [2.45, 2.75) is 6.54 Å². The molecule has 1 amide bonds. The molecule has 1 saturated heterocycles. The summed E-state index contributed by atoms with van der Waals surface area (Å²) in [4.78, 5) is 16.7. The third kappa shape index (κ3) is 3.17. The van der Waals surface area contributed by atoms with Gasteiger partial charge in [0.05, 0.1) is 11.6 Å². The Morgan fingerprint density at radius 1 is 1.08 bits per heavy atom. The molecule has 2 heterocycles. The van der Waals surface area contributed by atoms with Gasteiger partial charge >= 0.3 is 0 Å². The highest BCUT2D eigenvalue weighted by Gasteiger charge is 2.23. The largest absolute Gasteiger partial charge is 0.356 e. The summed E-state index contributed by atoms with van der Waals surface area (Å²) in [6.07, 6.45) is 0. The molecule has 1 aromatic heterocycles. The molecule has 0 unspecified atom stereocenters. The molecule has 2 aromatic carbocycles. The van der Waals surface area contributed by atoms with Crippen LogP contribution in [-0.4, -0.2) is 47.0 Å². The maximum atomic E-state index is 12.6. The highest BCUT2D eigenvalue weighted by atomic mass is 16.5. The first-order chi connectivity index (χ1) is 12.7. The van der Waals surface area contributed by atoms with Crippen molar-refractivity contribution >= 4 is 16.9 Å². The van der Waals surface area contributed by atoms with Crippen molar-refractivity contribution in [2.75, 3.05) is 26.2 Å². The lowest BCUT2D eigenvalue weighted by Crippen LogP contribution is -2.48. The number of nitriles is 1. The van der Waals surface area contributed by atoms with Crippen LogP contribution in [0.3, 0.4) is 0 Å². The SMILES string of the molecule is N#Cc1ccc(C(=O)N2CCN(Cc3noc4ccccc34)CC2)cc1. The number of carbonyl (C=O) groups excluding carboxylic acids is 1. The molecule has 130 valence electrons. The van der Waals surface area contributed by atoms with E-state index in [9.17, 15) is 4.79 Å². The summed E-state index contributed by atoms with van der Waals surface area (Å²) in [5, 5.41) is 14.1. The monoisotopic (exact) mass is 346 g/mol. The third-order valence-electron chi connectivity index (χ3n) is 4.75. The van der Waals surface area contributed by atoms with Crippen LogP contribution in [-0.2, 0) is 6.54 Å². The van der Waals surface area contributed by atoms with Crippen LogP contribution in [0, 0.1) is 11.3 Å². The fraction of sp³-hybridized carbons (Fsp3) is 0.250. The quantitative estimate of drug-likeness (QED) is 0.729. The van der Waals surface area contributed by atoms with Gasteiger partial charge in [-0.25, -0.2) is 0 Å². The van der Waals surface area contributed by atoms with Crippen molar-refractivity contribution in [3.8, 4) is 6.07 Å². The lowest BCUT2D eigenvalue weighted by Gasteiger charge is -2.34. The zero-order valence-corrected chi connectivity index (χ0v) is 14.3. The van der Waals surface area contributed by atoms with E-state index < -0.39 is 0 Å². The fourth-order valence-corrected chi connectivity index (χ4v) is 3.24. The van der Waals surface area contributed by atoms with Crippen LogP contribution in [0.1, 0.15) is 21.6 Å². The van der Waals surface area contributed by atoms with E-state index in [0.29, 0.717) is 24.2 Å². The lowest BCUT2D eigenvalue weighted by atomic mass is 10.1. The normalized spacial score (nSPS) is 15.1. The average molecular weight is 346 g/mol. The molecule has 0 spiro atoms. The van der Waals surface area contributed by atoms with Gasteiger partial charge in [-0.3, -0.25) is 9.69 Å². The second kappa shape index (κ2) is 6.98. The Bertz CT molecular complexity index is 963. The molecular weight excluding hydrogens is 328 g/mol. The number of benzene rings is 2. The number of carbonyl (C=O) groups is 1. The van der Waals surface area contributed by atoms with Gasteiger partial charge in [0.1, 0.15) is 5.69 Å². The van der Waals surface area contributed by atoms with Gasteiger partial charge in [-0.1, -0.05) is 17.3 Å². The van der Waals surface area contributed by atoms with Gasteiger partial charge in [-0.2, -0.15) is 5.26 Å². The van der Waals surface area contributed by atoms with Crippen LogP contribution < -0.4 is 0 Å². The number of amides is 1. The molecule has 26 heavy (non-hydrogen) atoms. The van der Waals surface area contributed by atoms with E-state index in [1.807, 2.05) is 29.2 Å². The van der Waals surface area contributed by atoms with Gasteiger partial charge in [0, 0.05) is 43.7 Å². The highest BCUT2D eigenvalue weighted by molar-refractivity contribution is 5.94. The van der Waals surface area contributed by atoms with E-state index in [4.69, 9.17) is 9.78 Å². The Kier molecular flexibility index (Phi) is 4.38. The van der Waals surface area contributed by atoms with Crippen molar-refractivity contribution in [2.24, 2.45) is 0 Å². The molecule has 0 atom stereocenters. The number of nitrogens with zero attached hydrogens (tertiary/aromatic N) is 4. The Morgan fingerprint density at radius 3 is 2.54 bits per heavy atom.